The molecule has 0 bridgehead atoms. The van der Waals surface area contributed by atoms with E-state index in [4.69, 9.17) is 5.11 Å². The Hall–Kier alpha value is -2.95. The molecule has 2 N–H and O–H groups in total. The van der Waals surface area contributed by atoms with Gasteiger partial charge < -0.3 is 20.1 Å². The largest absolute Gasteiger partial charge is 0.573 e. The van der Waals surface area contributed by atoms with Gasteiger partial charge in [-0.05, 0) is 38.0 Å². The van der Waals surface area contributed by atoms with Gasteiger partial charge in [0.05, 0.1) is 12.3 Å². The summed E-state index contributed by atoms with van der Waals surface area (Å²) in [6, 6.07) is 4.78. The van der Waals surface area contributed by atoms with E-state index in [2.05, 4.69) is 20.0 Å². The van der Waals surface area contributed by atoms with Gasteiger partial charge in [-0.3, -0.25) is 4.79 Å². The molecule has 0 aliphatic carbocycles. The Morgan fingerprint density at radius 2 is 1.97 bits per heavy atom. The Labute approximate surface area is 176 Å². The van der Waals surface area contributed by atoms with Crippen molar-refractivity contribution in [1.82, 2.24) is 15.3 Å². The van der Waals surface area contributed by atoms with Gasteiger partial charge in [0.25, 0.3) is 0 Å². The number of aliphatic hydroxyl groups is 1. The van der Waals surface area contributed by atoms with Gasteiger partial charge in [-0.25, -0.2) is 14.4 Å². The Morgan fingerprint density at radius 3 is 2.58 bits per heavy atom. The fraction of sp³-hybridized carbons (Fsp3) is 0.450. The summed E-state index contributed by atoms with van der Waals surface area (Å²) >= 11 is 0. The van der Waals surface area contributed by atoms with Gasteiger partial charge in [-0.15, -0.1) is 13.2 Å². The maximum Gasteiger partial charge on any atom is 0.573 e. The number of carbonyl (C=O) groups excluding carboxylic acids is 1. The van der Waals surface area contributed by atoms with Crippen molar-refractivity contribution in [2.45, 2.75) is 26.1 Å². The topological polar surface area (TPSA) is 87.6 Å². The lowest BCUT2D eigenvalue weighted by Gasteiger charge is -2.32. The van der Waals surface area contributed by atoms with E-state index in [1.165, 1.54) is 6.07 Å². The van der Waals surface area contributed by atoms with Crippen molar-refractivity contribution < 1.29 is 32.2 Å². The van der Waals surface area contributed by atoms with Crippen molar-refractivity contribution in [3.8, 4) is 17.0 Å². The number of halogens is 4. The summed E-state index contributed by atoms with van der Waals surface area (Å²) in [4.78, 5) is 22.7. The predicted molar refractivity (Wildman–Crippen MR) is 104 cm³/mol. The highest BCUT2D eigenvalue weighted by Crippen LogP contribution is 2.31. The average Bonchev–Trinajstić information content (AvgIpc) is 2.72. The van der Waals surface area contributed by atoms with Crippen LogP contribution >= 0.6 is 0 Å². The molecule has 1 fully saturated rings. The number of aryl methyl sites for hydroxylation is 1. The first-order valence-corrected chi connectivity index (χ1v) is 9.71. The number of nitrogens with zero attached hydrogens (tertiary/aromatic N) is 3. The molecule has 1 aliphatic heterocycles. The number of rotatable bonds is 6. The molecule has 1 aliphatic rings. The highest BCUT2D eigenvalue weighted by molar-refractivity contribution is 5.79. The minimum atomic E-state index is -4.98. The second-order valence-corrected chi connectivity index (χ2v) is 7.13. The van der Waals surface area contributed by atoms with E-state index >= 15 is 0 Å². The molecular formula is C20H22F4N4O3. The minimum Gasteiger partial charge on any atom is -0.403 e. The molecule has 0 saturated carbocycles. The molecule has 2 aromatic rings. The number of amides is 1. The maximum atomic E-state index is 14.1. The normalized spacial score (nSPS) is 15.1. The molecule has 0 unspecified atom stereocenters. The van der Waals surface area contributed by atoms with Crippen molar-refractivity contribution in [2.75, 3.05) is 31.1 Å². The molecular weight excluding hydrogens is 420 g/mol. The number of nitrogens with one attached hydrogen (secondary N) is 1. The predicted octanol–water partition coefficient (Wildman–Crippen LogP) is 2.81. The summed E-state index contributed by atoms with van der Waals surface area (Å²) in [7, 11) is 0. The lowest BCUT2D eigenvalue weighted by molar-refractivity contribution is -0.275. The van der Waals surface area contributed by atoms with E-state index in [0.29, 0.717) is 43.3 Å². The summed E-state index contributed by atoms with van der Waals surface area (Å²) in [6.45, 7) is 2.91. The van der Waals surface area contributed by atoms with Crippen molar-refractivity contribution in [3.63, 3.8) is 0 Å². The Kier molecular flexibility index (Phi) is 6.94. The van der Waals surface area contributed by atoms with Crippen LogP contribution in [0, 0.1) is 18.7 Å². The van der Waals surface area contributed by atoms with Crippen LogP contribution in [0.2, 0.25) is 0 Å². The van der Waals surface area contributed by atoms with E-state index in [-0.39, 0.29) is 30.5 Å². The van der Waals surface area contributed by atoms with Crippen molar-refractivity contribution >= 4 is 11.7 Å². The lowest BCUT2D eigenvalue weighted by Crippen LogP contribution is -2.41. The molecule has 0 atom stereocenters. The van der Waals surface area contributed by atoms with E-state index in [0.717, 1.165) is 12.1 Å². The standard InChI is InChI=1S/C20H22F4N4O3/c1-12-26-16(14-2-3-17(15(21)10-14)31-20(22,23)24)11-18(27-12)28-7-4-13(5-8-28)19(30)25-6-9-29/h2-3,10-11,13,29H,4-9H2,1H3,(H,25,30). The molecule has 7 nitrogen and oxygen atoms in total. The fourth-order valence-corrected chi connectivity index (χ4v) is 3.42. The molecule has 1 aromatic carbocycles. The molecule has 1 aromatic heterocycles. The molecule has 0 radical (unpaired) electrons. The molecule has 168 valence electrons. The molecule has 0 spiro atoms. The first-order valence-electron chi connectivity index (χ1n) is 9.71. The molecule has 2 heterocycles. The van der Waals surface area contributed by atoms with Crippen molar-refractivity contribution in [2.24, 2.45) is 5.92 Å². The number of alkyl halides is 3. The van der Waals surface area contributed by atoms with Crippen LogP contribution in [0.25, 0.3) is 11.3 Å². The fourth-order valence-electron chi connectivity index (χ4n) is 3.42. The van der Waals surface area contributed by atoms with Gasteiger partial charge >= 0.3 is 6.36 Å². The highest BCUT2D eigenvalue weighted by Gasteiger charge is 2.32. The van der Waals surface area contributed by atoms with E-state index < -0.39 is 17.9 Å². The van der Waals surface area contributed by atoms with Crippen LogP contribution in [0.5, 0.6) is 5.75 Å². The van der Waals surface area contributed by atoms with E-state index in [1.54, 1.807) is 13.0 Å². The SMILES string of the molecule is Cc1nc(-c2ccc(OC(F)(F)F)c(F)c2)cc(N2CCC(C(=O)NCCO)CC2)n1. The van der Waals surface area contributed by atoms with Crippen LogP contribution < -0.4 is 15.0 Å². The van der Waals surface area contributed by atoms with E-state index in [9.17, 15) is 22.4 Å². The zero-order valence-corrected chi connectivity index (χ0v) is 16.7. The minimum absolute atomic E-state index is 0.0927. The third-order valence-electron chi connectivity index (χ3n) is 4.88. The Morgan fingerprint density at radius 1 is 1.26 bits per heavy atom. The number of aliphatic hydroxyl groups excluding tert-OH is 1. The second kappa shape index (κ2) is 9.46. The number of carbonyl (C=O) groups is 1. The summed E-state index contributed by atoms with van der Waals surface area (Å²) < 4.78 is 54.8. The number of anilines is 1. The maximum absolute atomic E-state index is 14.1. The smallest absolute Gasteiger partial charge is 0.403 e. The second-order valence-electron chi connectivity index (χ2n) is 7.13. The molecule has 1 saturated heterocycles. The Bertz CT molecular complexity index is 931. The van der Waals surface area contributed by atoms with Crippen LogP contribution in [0.15, 0.2) is 24.3 Å². The number of aromatic nitrogens is 2. The van der Waals surface area contributed by atoms with Crippen LogP contribution in [0.1, 0.15) is 18.7 Å². The first-order chi connectivity index (χ1) is 14.7. The zero-order valence-electron chi connectivity index (χ0n) is 16.7. The average molecular weight is 442 g/mol. The third kappa shape index (κ3) is 6.03. The molecule has 11 heteroatoms. The van der Waals surface area contributed by atoms with Gasteiger partial charge in [0.15, 0.2) is 11.6 Å². The molecule has 3 rings (SSSR count). The van der Waals surface area contributed by atoms with Crippen LogP contribution in [0.3, 0.4) is 0 Å². The van der Waals surface area contributed by atoms with Crippen LogP contribution in [0.4, 0.5) is 23.4 Å². The Balaban J connectivity index is 1.74. The lowest BCUT2D eigenvalue weighted by atomic mass is 9.96. The van der Waals surface area contributed by atoms with Gasteiger partial charge in [0.2, 0.25) is 5.91 Å². The van der Waals surface area contributed by atoms with Gasteiger partial charge in [0.1, 0.15) is 11.6 Å². The number of hydrogen-bond acceptors (Lipinski definition) is 6. The van der Waals surface area contributed by atoms with Gasteiger partial charge in [-0.1, -0.05) is 0 Å². The number of ether oxygens (including phenoxy) is 1. The number of benzene rings is 1. The monoisotopic (exact) mass is 442 g/mol. The summed E-state index contributed by atoms with van der Waals surface area (Å²) in [5, 5.41) is 11.5. The zero-order chi connectivity index (χ0) is 22.6. The van der Waals surface area contributed by atoms with Crippen molar-refractivity contribution in [1.29, 1.82) is 0 Å². The number of hydrogen-bond donors (Lipinski definition) is 2. The van der Waals surface area contributed by atoms with E-state index in [1.807, 2.05) is 4.90 Å². The van der Waals surface area contributed by atoms with Crippen LogP contribution in [-0.2, 0) is 4.79 Å². The van der Waals surface area contributed by atoms with Gasteiger partial charge in [0, 0.05) is 37.2 Å². The molecule has 1 amide bonds. The quantitative estimate of drug-likeness (QED) is 0.669. The summed E-state index contributed by atoms with van der Waals surface area (Å²) in [5.41, 5.74) is 0.653. The first kappa shape index (κ1) is 22.7. The highest BCUT2D eigenvalue weighted by atomic mass is 19.4. The third-order valence-corrected chi connectivity index (χ3v) is 4.88. The van der Waals surface area contributed by atoms with Crippen LogP contribution in [-0.4, -0.2) is 53.6 Å². The number of piperidine rings is 1. The molecule has 31 heavy (non-hydrogen) atoms. The van der Waals surface area contributed by atoms with Crippen molar-refractivity contribution in [3.05, 3.63) is 35.9 Å². The summed E-state index contributed by atoms with van der Waals surface area (Å²) in [6.07, 6.45) is -3.77. The van der Waals surface area contributed by atoms with Gasteiger partial charge in [-0.2, -0.15) is 0 Å². The summed E-state index contributed by atoms with van der Waals surface area (Å²) in [5.74, 6) is -1.30.